The van der Waals surface area contributed by atoms with Gasteiger partial charge in [-0.15, -0.1) is 0 Å². The van der Waals surface area contributed by atoms with Crippen LogP contribution in [0.1, 0.15) is 33.2 Å². The summed E-state index contributed by atoms with van der Waals surface area (Å²) in [5, 5.41) is 0. The SMILES string of the molecule is COc1ccccc1OCc1ccc(C(=O)Oc2cccc(C(C)=O)c2)cc1. The first kappa shape index (κ1) is 19.2. The Morgan fingerprint density at radius 1 is 0.821 bits per heavy atom. The number of Topliss-reactive ketones (excluding diaryl/α,β-unsaturated/α-hetero) is 1. The van der Waals surface area contributed by atoms with Crippen LogP contribution in [0.2, 0.25) is 0 Å². The second kappa shape index (κ2) is 8.86. The Morgan fingerprint density at radius 3 is 2.21 bits per heavy atom. The van der Waals surface area contributed by atoms with E-state index < -0.39 is 5.97 Å². The summed E-state index contributed by atoms with van der Waals surface area (Å²) in [5.41, 5.74) is 1.81. The van der Waals surface area contributed by atoms with Crippen LogP contribution in [-0.2, 0) is 6.61 Å². The van der Waals surface area contributed by atoms with Gasteiger partial charge in [-0.3, -0.25) is 4.79 Å². The van der Waals surface area contributed by atoms with E-state index in [1.54, 1.807) is 55.6 Å². The molecule has 0 bridgehead atoms. The van der Waals surface area contributed by atoms with Crippen molar-refractivity contribution in [2.45, 2.75) is 13.5 Å². The number of rotatable bonds is 7. The lowest BCUT2D eigenvalue weighted by molar-refractivity contribution is 0.0733. The minimum absolute atomic E-state index is 0.0858. The van der Waals surface area contributed by atoms with Gasteiger partial charge in [-0.25, -0.2) is 4.79 Å². The molecule has 5 nitrogen and oxygen atoms in total. The number of hydrogen-bond acceptors (Lipinski definition) is 5. The van der Waals surface area contributed by atoms with E-state index in [0.717, 1.165) is 5.56 Å². The number of benzene rings is 3. The third kappa shape index (κ3) is 4.76. The summed E-state index contributed by atoms with van der Waals surface area (Å²) >= 11 is 0. The van der Waals surface area contributed by atoms with E-state index in [-0.39, 0.29) is 5.78 Å². The second-order valence-corrected chi connectivity index (χ2v) is 6.11. The van der Waals surface area contributed by atoms with Gasteiger partial charge in [-0.1, -0.05) is 36.4 Å². The molecule has 0 radical (unpaired) electrons. The summed E-state index contributed by atoms with van der Waals surface area (Å²) in [7, 11) is 1.59. The lowest BCUT2D eigenvalue weighted by Gasteiger charge is -2.10. The molecule has 0 fully saturated rings. The number of ketones is 1. The van der Waals surface area contributed by atoms with Gasteiger partial charge in [0.15, 0.2) is 17.3 Å². The van der Waals surface area contributed by atoms with Gasteiger partial charge < -0.3 is 14.2 Å². The molecule has 0 aliphatic rings. The van der Waals surface area contributed by atoms with Crippen molar-refractivity contribution in [1.82, 2.24) is 0 Å². The van der Waals surface area contributed by atoms with Gasteiger partial charge in [-0.2, -0.15) is 0 Å². The van der Waals surface area contributed by atoms with Crippen LogP contribution in [0.15, 0.2) is 72.8 Å². The van der Waals surface area contributed by atoms with Gasteiger partial charge in [-0.05, 0) is 48.9 Å². The predicted molar refractivity (Wildman–Crippen MR) is 105 cm³/mol. The first-order valence-electron chi connectivity index (χ1n) is 8.75. The third-order valence-electron chi connectivity index (χ3n) is 4.10. The molecule has 0 aliphatic carbocycles. The molecule has 5 heteroatoms. The lowest BCUT2D eigenvalue weighted by atomic mass is 10.1. The average Bonchev–Trinajstić information content (AvgIpc) is 2.73. The molecule has 0 atom stereocenters. The number of ether oxygens (including phenoxy) is 3. The highest BCUT2D eigenvalue weighted by Crippen LogP contribution is 2.26. The summed E-state index contributed by atoms with van der Waals surface area (Å²) in [5.74, 6) is 1.07. The Kier molecular flexibility index (Phi) is 6.07. The monoisotopic (exact) mass is 376 g/mol. The number of carbonyl (C=O) groups excluding carboxylic acids is 2. The van der Waals surface area contributed by atoms with Crippen LogP contribution in [0.25, 0.3) is 0 Å². The molecule has 0 spiro atoms. The van der Waals surface area contributed by atoms with Crippen molar-refractivity contribution < 1.29 is 23.8 Å². The Labute approximate surface area is 163 Å². The molecule has 0 unspecified atom stereocenters. The van der Waals surface area contributed by atoms with Crippen LogP contribution in [0, 0.1) is 0 Å². The van der Waals surface area contributed by atoms with Crippen molar-refractivity contribution in [3.05, 3.63) is 89.5 Å². The zero-order chi connectivity index (χ0) is 19.9. The fourth-order valence-electron chi connectivity index (χ4n) is 2.58. The van der Waals surface area contributed by atoms with Crippen LogP contribution in [0.3, 0.4) is 0 Å². The maximum Gasteiger partial charge on any atom is 0.343 e. The first-order valence-corrected chi connectivity index (χ1v) is 8.75. The van der Waals surface area contributed by atoms with Crippen LogP contribution in [0.4, 0.5) is 0 Å². The molecule has 3 aromatic carbocycles. The minimum atomic E-state index is -0.488. The fourth-order valence-corrected chi connectivity index (χ4v) is 2.58. The lowest BCUT2D eigenvalue weighted by Crippen LogP contribution is -2.09. The molecule has 0 saturated heterocycles. The number of para-hydroxylation sites is 2. The number of hydrogen-bond donors (Lipinski definition) is 0. The smallest absolute Gasteiger partial charge is 0.343 e. The molecular formula is C23H20O5. The molecule has 0 N–H and O–H groups in total. The zero-order valence-corrected chi connectivity index (χ0v) is 15.7. The van der Waals surface area contributed by atoms with Crippen molar-refractivity contribution in [2.75, 3.05) is 7.11 Å². The van der Waals surface area contributed by atoms with E-state index in [1.807, 2.05) is 24.3 Å². The van der Waals surface area contributed by atoms with Gasteiger partial charge in [0.1, 0.15) is 12.4 Å². The van der Waals surface area contributed by atoms with Crippen LogP contribution in [0.5, 0.6) is 17.2 Å². The maximum atomic E-state index is 12.3. The summed E-state index contributed by atoms with van der Waals surface area (Å²) < 4.78 is 16.4. The largest absolute Gasteiger partial charge is 0.493 e. The van der Waals surface area contributed by atoms with Crippen molar-refractivity contribution in [3.63, 3.8) is 0 Å². The molecule has 28 heavy (non-hydrogen) atoms. The van der Waals surface area contributed by atoms with Gasteiger partial charge in [0.25, 0.3) is 0 Å². The summed E-state index contributed by atoms with van der Waals surface area (Å²) in [6.45, 7) is 1.81. The molecule has 0 aromatic heterocycles. The van der Waals surface area contributed by atoms with E-state index in [9.17, 15) is 9.59 Å². The molecule has 142 valence electrons. The molecule has 0 heterocycles. The standard InChI is InChI=1S/C23H20O5/c1-16(24)19-6-5-7-20(14-19)28-23(25)18-12-10-17(11-13-18)15-27-22-9-4-3-8-21(22)26-2/h3-14H,15H2,1-2H3. The fraction of sp³-hybridized carbons (Fsp3) is 0.130. The van der Waals surface area contributed by atoms with Gasteiger partial charge in [0, 0.05) is 5.56 Å². The van der Waals surface area contributed by atoms with E-state index in [4.69, 9.17) is 14.2 Å². The summed E-state index contributed by atoms with van der Waals surface area (Å²) in [6.07, 6.45) is 0. The van der Waals surface area contributed by atoms with Crippen molar-refractivity contribution in [3.8, 4) is 17.2 Å². The third-order valence-corrected chi connectivity index (χ3v) is 4.10. The van der Waals surface area contributed by atoms with Crippen LogP contribution < -0.4 is 14.2 Å². The highest BCUT2D eigenvalue weighted by molar-refractivity contribution is 5.95. The van der Waals surface area contributed by atoms with Crippen LogP contribution in [-0.4, -0.2) is 18.9 Å². The number of carbonyl (C=O) groups is 2. The second-order valence-electron chi connectivity index (χ2n) is 6.11. The first-order chi connectivity index (χ1) is 13.6. The maximum absolute atomic E-state index is 12.3. The molecule has 3 aromatic rings. The Hall–Kier alpha value is -3.60. The summed E-state index contributed by atoms with van der Waals surface area (Å²) in [4.78, 5) is 23.7. The molecular weight excluding hydrogens is 356 g/mol. The van der Waals surface area contributed by atoms with E-state index in [1.165, 1.54) is 6.92 Å². The highest BCUT2D eigenvalue weighted by Gasteiger charge is 2.10. The van der Waals surface area contributed by atoms with E-state index >= 15 is 0 Å². The van der Waals surface area contributed by atoms with Crippen LogP contribution >= 0.6 is 0 Å². The summed E-state index contributed by atoms with van der Waals surface area (Å²) in [6, 6.07) is 20.9. The Morgan fingerprint density at radius 2 is 1.54 bits per heavy atom. The van der Waals surface area contributed by atoms with E-state index in [0.29, 0.717) is 35.0 Å². The molecule has 3 rings (SSSR count). The van der Waals surface area contributed by atoms with Crippen molar-refractivity contribution >= 4 is 11.8 Å². The average molecular weight is 376 g/mol. The zero-order valence-electron chi connectivity index (χ0n) is 15.7. The highest BCUT2D eigenvalue weighted by atomic mass is 16.5. The molecule has 0 amide bonds. The number of esters is 1. The quantitative estimate of drug-likeness (QED) is 0.340. The Bertz CT molecular complexity index is 976. The topological polar surface area (TPSA) is 61.8 Å². The Balaban J connectivity index is 1.63. The molecule has 0 aliphatic heterocycles. The normalized spacial score (nSPS) is 10.2. The van der Waals surface area contributed by atoms with E-state index in [2.05, 4.69) is 0 Å². The van der Waals surface area contributed by atoms with Gasteiger partial charge in [0.05, 0.1) is 12.7 Å². The van der Waals surface area contributed by atoms with Crippen molar-refractivity contribution in [1.29, 1.82) is 0 Å². The van der Waals surface area contributed by atoms with Gasteiger partial charge in [0.2, 0.25) is 0 Å². The predicted octanol–water partition coefficient (Wildman–Crippen LogP) is 4.70. The minimum Gasteiger partial charge on any atom is -0.493 e. The molecule has 0 saturated carbocycles. The van der Waals surface area contributed by atoms with Gasteiger partial charge >= 0.3 is 5.97 Å². The number of methoxy groups -OCH3 is 1. The van der Waals surface area contributed by atoms with Crippen molar-refractivity contribution in [2.24, 2.45) is 0 Å².